The quantitative estimate of drug-likeness (QED) is 0.832. The summed E-state index contributed by atoms with van der Waals surface area (Å²) in [6, 6.07) is 11.0. The number of piperidine rings is 1. The number of hydrogen-bond acceptors (Lipinski definition) is 3. The van der Waals surface area contributed by atoms with Crippen molar-refractivity contribution in [1.29, 1.82) is 0 Å². The molecule has 0 saturated carbocycles. The highest BCUT2D eigenvalue weighted by atomic mass is 79.9. The molecule has 0 bridgehead atoms. The largest absolute Gasteiger partial charge is 0.434 e. The van der Waals surface area contributed by atoms with Gasteiger partial charge in [-0.05, 0) is 65.5 Å². The van der Waals surface area contributed by atoms with E-state index in [2.05, 4.69) is 31.5 Å². The molecule has 1 aliphatic rings. The third kappa shape index (κ3) is 3.82. The zero-order chi connectivity index (χ0) is 15.4. The van der Waals surface area contributed by atoms with Crippen molar-refractivity contribution in [2.24, 2.45) is 0 Å². The van der Waals surface area contributed by atoms with Crippen LogP contribution in [-0.2, 0) is 0 Å². The second kappa shape index (κ2) is 6.87. The lowest BCUT2D eigenvalue weighted by molar-refractivity contribution is 0.261. The molecule has 1 aromatic carbocycles. The predicted octanol–water partition coefficient (Wildman–Crippen LogP) is 4.68. The fourth-order valence-corrected chi connectivity index (χ4v) is 2.87. The molecule has 2 aromatic rings. The lowest BCUT2D eigenvalue weighted by Gasteiger charge is -2.28. The monoisotopic (exact) mass is 363 g/mol. The van der Waals surface area contributed by atoms with Crippen molar-refractivity contribution in [3.8, 4) is 0 Å². The number of nitrogens with zero attached hydrogens (tertiary/aromatic N) is 1. The third-order valence-corrected chi connectivity index (χ3v) is 4.08. The minimum atomic E-state index is -0.326. The lowest BCUT2D eigenvalue weighted by atomic mass is 10.1. The van der Waals surface area contributed by atoms with Crippen molar-refractivity contribution in [3.05, 3.63) is 41.1 Å². The number of urea groups is 1. The molecule has 116 valence electrons. The van der Waals surface area contributed by atoms with Crippen LogP contribution in [-0.4, -0.2) is 19.1 Å². The standard InChI is InChI=1S/C16H18BrN3O2/c17-14-8-9-15(22-14)19-16(21)18-12-4-6-13(7-5-12)20-10-2-1-3-11-20/h4-9H,1-3,10-11H2,(H2,18,19,21). The van der Waals surface area contributed by atoms with Gasteiger partial charge in [0.2, 0.25) is 5.88 Å². The van der Waals surface area contributed by atoms with Crippen LogP contribution in [0.15, 0.2) is 45.5 Å². The van der Waals surface area contributed by atoms with E-state index < -0.39 is 0 Å². The third-order valence-electron chi connectivity index (χ3n) is 3.66. The molecule has 2 amide bonds. The smallest absolute Gasteiger partial charge is 0.326 e. The summed E-state index contributed by atoms with van der Waals surface area (Å²) in [5, 5.41) is 5.42. The van der Waals surface area contributed by atoms with E-state index in [1.54, 1.807) is 12.1 Å². The van der Waals surface area contributed by atoms with Crippen LogP contribution >= 0.6 is 15.9 Å². The number of benzene rings is 1. The highest BCUT2D eigenvalue weighted by Crippen LogP contribution is 2.22. The van der Waals surface area contributed by atoms with Crippen molar-refractivity contribution in [2.45, 2.75) is 19.3 Å². The van der Waals surface area contributed by atoms with Crippen molar-refractivity contribution < 1.29 is 9.21 Å². The summed E-state index contributed by atoms with van der Waals surface area (Å²) in [6.07, 6.45) is 3.82. The summed E-state index contributed by atoms with van der Waals surface area (Å²) in [4.78, 5) is 14.3. The van der Waals surface area contributed by atoms with E-state index in [0.29, 0.717) is 10.6 Å². The van der Waals surface area contributed by atoms with E-state index in [-0.39, 0.29) is 6.03 Å². The van der Waals surface area contributed by atoms with Crippen molar-refractivity contribution in [3.63, 3.8) is 0 Å². The van der Waals surface area contributed by atoms with Gasteiger partial charge < -0.3 is 14.6 Å². The average molecular weight is 364 g/mol. The summed E-state index contributed by atoms with van der Waals surface area (Å²) >= 11 is 3.19. The molecule has 0 radical (unpaired) electrons. The van der Waals surface area contributed by atoms with Crippen LogP contribution in [0.3, 0.4) is 0 Å². The number of anilines is 3. The Hall–Kier alpha value is -1.95. The summed E-state index contributed by atoms with van der Waals surface area (Å²) in [5.41, 5.74) is 1.96. The Labute approximate surface area is 137 Å². The number of hydrogen-bond donors (Lipinski definition) is 2. The van der Waals surface area contributed by atoms with Gasteiger partial charge in [-0.2, -0.15) is 0 Å². The average Bonchev–Trinajstić information content (AvgIpc) is 2.94. The van der Waals surface area contributed by atoms with E-state index in [0.717, 1.165) is 18.8 Å². The van der Waals surface area contributed by atoms with E-state index in [9.17, 15) is 4.79 Å². The second-order valence-electron chi connectivity index (χ2n) is 5.28. The molecule has 6 heteroatoms. The number of carbonyl (C=O) groups excluding carboxylic acids is 1. The van der Waals surface area contributed by atoms with Crippen LogP contribution in [0.1, 0.15) is 19.3 Å². The highest BCUT2D eigenvalue weighted by molar-refractivity contribution is 9.10. The molecule has 1 aliphatic heterocycles. The molecule has 0 atom stereocenters. The maximum atomic E-state index is 11.9. The second-order valence-corrected chi connectivity index (χ2v) is 6.06. The topological polar surface area (TPSA) is 57.5 Å². The molecule has 0 aliphatic carbocycles. The van der Waals surface area contributed by atoms with Crippen LogP contribution in [0.2, 0.25) is 0 Å². The van der Waals surface area contributed by atoms with Crippen LogP contribution < -0.4 is 15.5 Å². The molecule has 3 rings (SSSR count). The van der Waals surface area contributed by atoms with Gasteiger partial charge in [-0.15, -0.1) is 0 Å². The maximum Gasteiger partial charge on any atom is 0.326 e. The number of nitrogens with one attached hydrogen (secondary N) is 2. The molecule has 1 saturated heterocycles. The summed E-state index contributed by atoms with van der Waals surface area (Å²) in [6.45, 7) is 2.22. The number of carbonyl (C=O) groups is 1. The zero-order valence-corrected chi connectivity index (χ0v) is 13.7. The van der Waals surface area contributed by atoms with Gasteiger partial charge in [0.25, 0.3) is 0 Å². The van der Waals surface area contributed by atoms with Gasteiger partial charge >= 0.3 is 6.03 Å². The first kappa shape index (κ1) is 15.0. The van der Waals surface area contributed by atoms with Crippen LogP contribution in [0.5, 0.6) is 0 Å². The molecular weight excluding hydrogens is 346 g/mol. The summed E-state index contributed by atoms with van der Waals surface area (Å²) < 4.78 is 5.81. The van der Waals surface area contributed by atoms with Crippen LogP contribution in [0, 0.1) is 0 Å². The van der Waals surface area contributed by atoms with Crippen molar-refractivity contribution in [1.82, 2.24) is 0 Å². The fraction of sp³-hybridized carbons (Fsp3) is 0.312. The zero-order valence-electron chi connectivity index (χ0n) is 12.1. The molecule has 0 spiro atoms. The Bertz CT molecular complexity index is 633. The minimum absolute atomic E-state index is 0.326. The lowest BCUT2D eigenvalue weighted by Crippen LogP contribution is -2.29. The highest BCUT2D eigenvalue weighted by Gasteiger charge is 2.11. The predicted molar refractivity (Wildman–Crippen MR) is 91.6 cm³/mol. The van der Waals surface area contributed by atoms with Gasteiger partial charge in [0.1, 0.15) is 0 Å². The van der Waals surface area contributed by atoms with Crippen molar-refractivity contribution in [2.75, 3.05) is 28.6 Å². The first-order valence-corrected chi connectivity index (χ1v) is 8.18. The number of furan rings is 1. The van der Waals surface area contributed by atoms with Gasteiger partial charge in [0.05, 0.1) is 0 Å². The summed E-state index contributed by atoms with van der Waals surface area (Å²) in [5.74, 6) is 0.398. The van der Waals surface area contributed by atoms with Crippen molar-refractivity contribution >= 4 is 39.2 Å². The Kier molecular flexibility index (Phi) is 4.68. The van der Waals surface area contributed by atoms with Crippen LogP contribution in [0.25, 0.3) is 0 Å². The Balaban J connectivity index is 1.57. The SMILES string of the molecule is O=C(Nc1ccc(N2CCCCC2)cc1)Nc1ccc(Br)o1. The minimum Gasteiger partial charge on any atom is -0.434 e. The van der Waals surface area contributed by atoms with E-state index in [4.69, 9.17) is 4.42 Å². The molecule has 22 heavy (non-hydrogen) atoms. The molecule has 2 N–H and O–H groups in total. The molecule has 0 unspecified atom stereocenters. The Morgan fingerprint density at radius 3 is 2.36 bits per heavy atom. The van der Waals surface area contributed by atoms with Gasteiger partial charge in [-0.25, -0.2) is 4.79 Å². The summed E-state index contributed by atoms with van der Waals surface area (Å²) in [7, 11) is 0. The Morgan fingerprint density at radius 2 is 1.73 bits per heavy atom. The maximum absolute atomic E-state index is 11.9. The van der Waals surface area contributed by atoms with Gasteiger partial charge in [-0.1, -0.05) is 0 Å². The number of rotatable bonds is 3. The van der Waals surface area contributed by atoms with E-state index in [1.807, 2.05) is 24.3 Å². The molecule has 1 fully saturated rings. The fourth-order valence-electron chi connectivity index (χ4n) is 2.56. The van der Waals surface area contributed by atoms with Gasteiger partial charge in [-0.3, -0.25) is 5.32 Å². The van der Waals surface area contributed by atoms with Gasteiger partial charge in [0, 0.05) is 30.5 Å². The molecule has 2 heterocycles. The normalized spacial score (nSPS) is 14.7. The van der Waals surface area contributed by atoms with Crippen LogP contribution in [0.4, 0.5) is 22.1 Å². The Morgan fingerprint density at radius 1 is 1.00 bits per heavy atom. The first-order chi connectivity index (χ1) is 10.7. The number of halogens is 1. The van der Waals surface area contributed by atoms with E-state index >= 15 is 0 Å². The van der Waals surface area contributed by atoms with E-state index in [1.165, 1.54) is 24.9 Å². The molecule has 1 aromatic heterocycles. The first-order valence-electron chi connectivity index (χ1n) is 7.39. The molecular formula is C16H18BrN3O2. The van der Waals surface area contributed by atoms with Gasteiger partial charge in [0.15, 0.2) is 4.67 Å². The molecule has 5 nitrogen and oxygen atoms in total. The number of amides is 2.